The van der Waals surface area contributed by atoms with Gasteiger partial charge < -0.3 is 5.32 Å². The minimum atomic E-state index is -4.51. The fraction of sp³-hybridized carbons (Fsp3) is 0.350. The number of hydrogen-bond acceptors (Lipinski definition) is 6. The van der Waals surface area contributed by atoms with Crippen molar-refractivity contribution in [2.24, 2.45) is 0 Å². The zero-order valence-electron chi connectivity index (χ0n) is 16.5. The molecule has 0 aliphatic carbocycles. The first-order valence-electron chi connectivity index (χ1n) is 9.72. The van der Waals surface area contributed by atoms with Crippen LogP contribution in [0.2, 0.25) is 0 Å². The number of rotatable bonds is 6. The fourth-order valence-corrected chi connectivity index (χ4v) is 4.21. The van der Waals surface area contributed by atoms with Crippen LogP contribution in [0.15, 0.2) is 48.4 Å². The molecule has 4 rings (SSSR count). The molecule has 0 atom stereocenters. The van der Waals surface area contributed by atoms with Crippen molar-refractivity contribution < 1.29 is 18.0 Å². The molecule has 1 fully saturated rings. The maximum absolute atomic E-state index is 13.2. The van der Waals surface area contributed by atoms with Crippen LogP contribution in [-0.2, 0) is 17.5 Å². The number of carbonyl (C=O) groups excluding carboxylic acids is 1. The smallest absolute Gasteiger partial charge is 0.323 e. The van der Waals surface area contributed by atoms with E-state index in [-0.39, 0.29) is 18.1 Å². The maximum Gasteiger partial charge on any atom is 0.416 e. The summed E-state index contributed by atoms with van der Waals surface area (Å²) in [5.41, 5.74) is -0.477. The molecule has 0 saturated carbocycles. The zero-order chi connectivity index (χ0) is 21.8. The molecule has 0 radical (unpaired) electrons. The van der Waals surface area contributed by atoms with Crippen LogP contribution in [0.1, 0.15) is 10.4 Å². The highest BCUT2D eigenvalue weighted by Gasteiger charge is 2.31. The summed E-state index contributed by atoms with van der Waals surface area (Å²) in [5, 5.41) is 8.64. The molecule has 3 aromatic rings. The van der Waals surface area contributed by atoms with Gasteiger partial charge in [-0.05, 0) is 29.6 Å². The van der Waals surface area contributed by atoms with Gasteiger partial charge in [0.25, 0.3) is 0 Å². The summed E-state index contributed by atoms with van der Waals surface area (Å²) in [7, 11) is 0. The maximum atomic E-state index is 13.2. The van der Waals surface area contributed by atoms with Crippen molar-refractivity contribution in [1.82, 2.24) is 24.6 Å². The number of nitrogens with zero attached hydrogens (tertiary/aromatic N) is 5. The number of alkyl halides is 3. The number of hydrogen-bond donors (Lipinski definition) is 1. The molecule has 3 heterocycles. The molecule has 164 valence electrons. The van der Waals surface area contributed by atoms with Crippen LogP contribution in [0.3, 0.4) is 0 Å². The lowest BCUT2D eigenvalue weighted by molar-refractivity contribution is -0.137. The number of piperazine rings is 1. The van der Waals surface area contributed by atoms with E-state index >= 15 is 0 Å². The summed E-state index contributed by atoms with van der Waals surface area (Å²) in [6.45, 7) is 4.11. The number of aromatic nitrogens is 3. The highest BCUT2D eigenvalue weighted by Crippen LogP contribution is 2.33. The molecule has 1 aliphatic heterocycles. The van der Waals surface area contributed by atoms with Gasteiger partial charge in [0.1, 0.15) is 12.7 Å². The molecule has 1 aliphatic rings. The number of nitrogens with one attached hydrogen (secondary N) is 1. The molecular weight excluding hydrogens is 429 g/mol. The van der Waals surface area contributed by atoms with E-state index in [9.17, 15) is 18.0 Å². The quantitative estimate of drug-likeness (QED) is 0.625. The van der Waals surface area contributed by atoms with E-state index in [1.807, 2.05) is 11.0 Å². The van der Waals surface area contributed by atoms with Crippen molar-refractivity contribution in [3.63, 3.8) is 0 Å². The lowest BCUT2D eigenvalue weighted by Gasteiger charge is -2.34. The van der Waals surface area contributed by atoms with Crippen molar-refractivity contribution in [2.45, 2.75) is 12.7 Å². The number of benzene rings is 1. The first-order valence-corrected chi connectivity index (χ1v) is 10.6. The normalized spacial score (nSPS) is 15.8. The predicted octanol–water partition coefficient (Wildman–Crippen LogP) is 3.10. The summed E-state index contributed by atoms with van der Waals surface area (Å²) in [6, 6.07) is 7.29. The SMILES string of the molecule is O=C(CN1CCN(Cc2cccs2)CC1)Nc1cc(C(F)(F)F)ccc1-n1cncn1. The standard InChI is InChI=1S/C20H21F3N6OS/c21-20(22,23)15-3-4-18(29-14-24-13-25-29)17(10-15)26-19(30)12-28-7-5-27(6-8-28)11-16-2-1-9-31-16/h1-4,9-10,13-14H,5-8,11-12H2,(H,26,30). The average molecular weight is 450 g/mol. The van der Waals surface area contributed by atoms with E-state index in [0.29, 0.717) is 5.69 Å². The lowest BCUT2D eigenvalue weighted by atomic mass is 10.1. The summed E-state index contributed by atoms with van der Waals surface area (Å²) in [5.74, 6) is -0.368. The minimum Gasteiger partial charge on any atom is -0.323 e. The largest absolute Gasteiger partial charge is 0.416 e. The average Bonchev–Trinajstić information content (AvgIpc) is 3.43. The number of thiophene rings is 1. The van der Waals surface area contributed by atoms with Crippen LogP contribution in [0.5, 0.6) is 0 Å². The molecule has 1 amide bonds. The van der Waals surface area contributed by atoms with Gasteiger partial charge in [0.05, 0.1) is 23.5 Å². The Morgan fingerprint density at radius 1 is 1.13 bits per heavy atom. The van der Waals surface area contributed by atoms with Crippen LogP contribution in [0.25, 0.3) is 5.69 Å². The summed E-state index contributed by atoms with van der Waals surface area (Å²) in [6.07, 6.45) is -1.87. The number of anilines is 1. The van der Waals surface area contributed by atoms with Crippen LogP contribution >= 0.6 is 11.3 Å². The zero-order valence-corrected chi connectivity index (χ0v) is 17.4. The Balaban J connectivity index is 1.39. The molecule has 0 spiro atoms. The molecule has 1 N–H and O–H groups in total. The van der Waals surface area contributed by atoms with E-state index in [2.05, 4.69) is 31.7 Å². The van der Waals surface area contributed by atoms with Gasteiger partial charge in [-0.25, -0.2) is 9.67 Å². The van der Waals surface area contributed by atoms with E-state index in [1.165, 1.54) is 28.3 Å². The second-order valence-corrected chi connectivity index (χ2v) is 8.28. The first-order chi connectivity index (χ1) is 14.9. The second kappa shape index (κ2) is 9.16. The van der Waals surface area contributed by atoms with Gasteiger partial charge in [-0.3, -0.25) is 14.6 Å². The minimum absolute atomic E-state index is 0.0432. The summed E-state index contributed by atoms with van der Waals surface area (Å²) >= 11 is 1.72. The van der Waals surface area contributed by atoms with Gasteiger partial charge in [0, 0.05) is 37.6 Å². The third-order valence-electron chi connectivity index (χ3n) is 5.06. The van der Waals surface area contributed by atoms with Gasteiger partial charge in [-0.1, -0.05) is 6.07 Å². The van der Waals surface area contributed by atoms with E-state index in [1.54, 1.807) is 11.3 Å². The number of carbonyl (C=O) groups is 1. The van der Waals surface area contributed by atoms with Crippen molar-refractivity contribution in [3.8, 4) is 5.69 Å². The van der Waals surface area contributed by atoms with E-state index in [0.717, 1.165) is 44.9 Å². The fourth-order valence-electron chi connectivity index (χ4n) is 3.47. The Morgan fingerprint density at radius 3 is 2.55 bits per heavy atom. The number of halogens is 3. The third-order valence-corrected chi connectivity index (χ3v) is 5.92. The summed E-state index contributed by atoms with van der Waals surface area (Å²) < 4.78 is 40.8. The highest BCUT2D eigenvalue weighted by atomic mass is 32.1. The lowest BCUT2D eigenvalue weighted by Crippen LogP contribution is -2.48. The van der Waals surface area contributed by atoms with Gasteiger partial charge in [-0.2, -0.15) is 18.3 Å². The van der Waals surface area contributed by atoms with Crippen molar-refractivity contribution in [3.05, 3.63) is 58.8 Å². The van der Waals surface area contributed by atoms with Crippen LogP contribution in [0.4, 0.5) is 18.9 Å². The molecule has 1 saturated heterocycles. The molecule has 1 aromatic carbocycles. The second-order valence-electron chi connectivity index (χ2n) is 7.25. The molecule has 2 aromatic heterocycles. The molecule has 11 heteroatoms. The van der Waals surface area contributed by atoms with Crippen molar-refractivity contribution in [1.29, 1.82) is 0 Å². The summed E-state index contributed by atoms with van der Waals surface area (Å²) in [4.78, 5) is 22.1. The molecule has 0 bridgehead atoms. The monoisotopic (exact) mass is 450 g/mol. The predicted molar refractivity (Wildman–Crippen MR) is 111 cm³/mol. The van der Waals surface area contributed by atoms with Crippen molar-refractivity contribution >= 4 is 22.9 Å². The topological polar surface area (TPSA) is 66.3 Å². The van der Waals surface area contributed by atoms with E-state index in [4.69, 9.17) is 0 Å². The van der Waals surface area contributed by atoms with E-state index < -0.39 is 11.7 Å². The Labute approximate surface area is 181 Å². The van der Waals surface area contributed by atoms with Crippen LogP contribution in [-0.4, -0.2) is 63.2 Å². The molecule has 31 heavy (non-hydrogen) atoms. The van der Waals surface area contributed by atoms with Gasteiger partial charge >= 0.3 is 6.18 Å². The molecule has 7 nitrogen and oxygen atoms in total. The first kappa shape index (κ1) is 21.5. The molecular formula is C20H21F3N6OS. The van der Waals surface area contributed by atoms with Gasteiger partial charge in [0.2, 0.25) is 5.91 Å². The van der Waals surface area contributed by atoms with Gasteiger partial charge in [0.15, 0.2) is 0 Å². The van der Waals surface area contributed by atoms with Crippen molar-refractivity contribution in [2.75, 3.05) is 38.0 Å². The van der Waals surface area contributed by atoms with Crippen LogP contribution < -0.4 is 5.32 Å². The Morgan fingerprint density at radius 2 is 1.90 bits per heavy atom. The molecule has 0 unspecified atom stereocenters. The Bertz CT molecular complexity index is 999. The Hall–Kier alpha value is -2.76. The third kappa shape index (κ3) is 5.49. The van der Waals surface area contributed by atoms with Gasteiger partial charge in [-0.15, -0.1) is 11.3 Å². The number of amides is 1. The van der Waals surface area contributed by atoms with Crippen LogP contribution in [0, 0.1) is 0 Å². The Kier molecular flexibility index (Phi) is 6.35. The highest BCUT2D eigenvalue weighted by molar-refractivity contribution is 7.09.